The molecule has 0 saturated carbocycles. The van der Waals surface area contributed by atoms with E-state index >= 15 is 0 Å². The van der Waals surface area contributed by atoms with Gasteiger partial charge < -0.3 is 15.6 Å². The number of amides is 2. The number of urea groups is 1. The first-order valence-electron chi connectivity index (χ1n) is 7.28. The van der Waals surface area contributed by atoms with E-state index in [0.717, 1.165) is 5.56 Å². The van der Waals surface area contributed by atoms with E-state index in [1.54, 1.807) is 12.1 Å². The molecule has 0 fully saturated rings. The number of imidazole rings is 1. The van der Waals surface area contributed by atoms with Gasteiger partial charge >= 0.3 is 11.7 Å². The maximum absolute atomic E-state index is 12.8. The zero-order valence-corrected chi connectivity index (χ0v) is 12.6. The summed E-state index contributed by atoms with van der Waals surface area (Å²) in [5, 5.41) is 5.31. The number of fused-ring (bicyclic) bond motifs is 1. The lowest BCUT2D eigenvalue weighted by Crippen LogP contribution is -2.37. The molecule has 3 aromatic rings. The van der Waals surface area contributed by atoms with Crippen molar-refractivity contribution < 1.29 is 9.18 Å². The van der Waals surface area contributed by atoms with Crippen LogP contribution in [-0.2, 0) is 13.1 Å². The molecule has 0 aliphatic rings. The molecule has 1 aromatic carbocycles. The van der Waals surface area contributed by atoms with Crippen molar-refractivity contribution in [3.05, 3.63) is 58.7 Å². The van der Waals surface area contributed by atoms with Gasteiger partial charge in [-0.25, -0.2) is 23.9 Å². The van der Waals surface area contributed by atoms with E-state index in [4.69, 9.17) is 0 Å². The molecule has 24 heavy (non-hydrogen) atoms. The van der Waals surface area contributed by atoms with Crippen molar-refractivity contribution in [3.63, 3.8) is 0 Å². The van der Waals surface area contributed by atoms with Gasteiger partial charge in [0.15, 0.2) is 5.65 Å². The third-order valence-electron chi connectivity index (χ3n) is 3.42. The van der Waals surface area contributed by atoms with Crippen LogP contribution in [-0.4, -0.2) is 32.1 Å². The SMILES string of the molecule is O=C(NCCn1c(=O)[nH]c2cncnc21)NCc1ccc(F)cc1. The van der Waals surface area contributed by atoms with Gasteiger partial charge in [-0.05, 0) is 17.7 Å². The molecule has 0 aliphatic heterocycles. The van der Waals surface area contributed by atoms with Crippen molar-refractivity contribution in [2.75, 3.05) is 6.54 Å². The third-order valence-corrected chi connectivity index (χ3v) is 3.42. The van der Waals surface area contributed by atoms with E-state index in [1.807, 2.05) is 0 Å². The predicted molar refractivity (Wildman–Crippen MR) is 84.8 cm³/mol. The third kappa shape index (κ3) is 3.57. The van der Waals surface area contributed by atoms with Gasteiger partial charge in [0.1, 0.15) is 17.7 Å². The number of halogens is 1. The minimum atomic E-state index is -0.373. The molecule has 3 N–H and O–H groups in total. The molecule has 2 aromatic heterocycles. The Balaban J connectivity index is 1.50. The van der Waals surface area contributed by atoms with Gasteiger partial charge in [-0.3, -0.25) is 4.57 Å². The number of hydrogen-bond donors (Lipinski definition) is 3. The fraction of sp³-hybridized carbons (Fsp3) is 0.200. The predicted octanol–water partition coefficient (Wildman–Crippen LogP) is 0.758. The molecule has 0 atom stereocenters. The highest BCUT2D eigenvalue weighted by Gasteiger charge is 2.08. The molecule has 0 aliphatic carbocycles. The Labute approximate surface area is 135 Å². The van der Waals surface area contributed by atoms with E-state index in [9.17, 15) is 14.0 Å². The van der Waals surface area contributed by atoms with E-state index in [0.29, 0.717) is 11.2 Å². The maximum Gasteiger partial charge on any atom is 0.327 e. The number of nitrogens with zero attached hydrogens (tertiary/aromatic N) is 3. The molecule has 124 valence electrons. The fourth-order valence-corrected chi connectivity index (χ4v) is 2.24. The molecule has 0 unspecified atom stereocenters. The van der Waals surface area contributed by atoms with Gasteiger partial charge in [-0.2, -0.15) is 0 Å². The smallest absolute Gasteiger partial charge is 0.327 e. The van der Waals surface area contributed by atoms with Crippen LogP contribution >= 0.6 is 0 Å². The Bertz CT molecular complexity index is 902. The van der Waals surface area contributed by atoms with E-state index < -0.39 is 0 Å². The summed E-state index contributed by atoms with van der Waals surface area (Å²) in [4.78, 5) is 34.1. The van der Waals surface area contributed by atoms with Gasteiger partial charge in [0.2, 0.25) is 0 Å². The number of H-pyrrole nitrogens is 1. The number of rotatable bonds is 5. The highest BCUT2D eigenvalue weighted by molar-refractivity contribution is 5.73. The molecular formula is C15H15FN6O2. The number of aromatic nitrogens is 4. The summed E-state index contributed by atoms with van der Waals surface area (Å²) in [5.74, 6) is -0.323. The minimum absolute atomic E-state index is 0.256. The van der Waals surface area contributed by atoms with Crippen LogP contribution < -0.4 is 16.3 Å². The van der Waals surface area contributed by atoms with Crippen molar-refractivity contribution in [3.8, 4) is 0 Å². The minimum Gasteiger partial charge on any atom is -0.336 e. The summed E-state index contributed by atoms with van der Waals surface area (Å²) in [6, 6.07) is 5.49. The largest absolute Gasteiger partial charge is 0.336 e. The van der Waals surface area contributed by atoms with Gasteiger partial charge in [-0.1, -0.05) is 12.1 Å². The van der Waals surface area contributed by atoms with Gasteiger partial charge in [-0.15, -0.1) is 0 Å². The number of nitrogens with one attached hydrogen (secondary N) is 3. The summed E-state index contributed by atoms with van der Waals surface area (Å²) in [5.41, 5.74) is 1.52. The van der Waals surface area contributed by atoms with Crippen LogP contribution in [0.2, 0.25) is 0 Å². The zero-order chi connectivity index (χ0) is 16.9. The highest BCUT2D eigenvalue weighted by Crippen LogP contribution is 2.03. The molecule has 3 rings (SSSR count). The van der Waals surface area contributed by atoms with Crippen LogP contribution in [0.5, 0.6) is 0 Å². The number of benzene rings is 1. The number of aromatic amines is 1. The topological polar surface area (TPSA) is 105 Å². The molecule has 2 heterocycles. The Kier molecular flexibility index (Phi) is 4.50. The number of hydrogen-bond acceptors (Lipinski definition) is 4. The van der Waals surface area contributed by atoms with Crippen LogP contribution in [0.4, 0.5) is 9.18 Å². The highest BCUT2D eigenvalue weighted by atomic mass is 19.1. The first-order chi connectivity index (χ1) is 11.6. The standard InChI is InChI=1S/C15H15FN6O2/c16-11-3-1-10(2-4-11)7-19-14(23)18-5-6-22-13-12(21-15(22)24)8-17-9-20-13/h1-4,8-9H,5-7H2,(H,21,24)(H2,18,19,23). The maximum atomic E-state index is 12.8. The second-order valence-electron chi connectivity index (χ2n) is 5.08. The number of carbonyl (C=O) groups is 1. The fourth-order valence-electron chi connectivity index (χ4n) is 2.24. The van der Waals surface area contributed by atoms with Crippen LogP contribution in [0.25, 0.3) is 11.2 Å². The summed E-state index contributed by atoms with van der Waals surface area (Å²) in [6.45, 7) is 0.818. The van der Waals surface area contributed by atoms with Crippen LogP contribution in [0, 0.1) is 5.82 Å². The first kappa shape index (κ1) is 15.7. The molecule has 0 spiro atoms. The van der Waals surface area contributed by atoms with E-state index in [1.165, 1.54) is 29.2 Å². The lowest BCUT2D eigenvalue weighted by molar-refractivity contribution is 0.240. The molecule has 8 nitrogen and oxygen atoms in total. The average molecular weight is 330 g/mol. The summed E-state index contributed by atoms with van der Waals surface area (Å²) < 4.78 is 14.2. The Morgan fingerprint density at radius 2 is 2.04 bits per heavy atom. The van der Waals surface area contributed by atoms with Crippen molar-refractivity contribution in [1.82, 2.24) is 30.2 Å². The second-order valence-corrected chi connectivity index (χ2v) is 5.08. The average Bonchev–Trinajstić information content (AvgIpc) is 2.90. The summed E-state index contributed by atoms with van der Waals surface area (Å²) in [6.07, 6.45) is 2.87. The second kappa shape index (κ2) is 6.90. The monoisotopic (exact) mass is 330 g/mol. The molecule has 2 amide bonds. The Morgan fingerprint density at radius 1 is 1.25 bits per heavy atom. The molecule has 0 radical (unpaired) electrons. The van der Waals surface area contributed by atoms with Gasteiger partial charge in [0, 0.05) is 19.6 Å². The zero-order valence-electron chi connectivity index (χ0n) is 12.6. The van der Waals surface area contributed by atoms with Crippen LogP contribution in [0.3, 0.4) is 0 Å². The molecule has 9 heteroatoms. The van der Waals surface area contributed by atoms with Gasteiger partial charge in [0.05, 0.1) is 6.20 Å². The number of carbonyl (C=O) groups excluding carboxylic acids is 1. The lowest BCUT2D eigenvalue weighted by Gasteiger charge is -2.08. The van der Waals surface area contributed by atoms with Crippen LogP contribution in [0.15, 0.2) is 41.6 Å². The van der Waals surface area contributed by atoms with E-state index in [-0.39, 0.29) is 37.2 Å². The Morgan fingerprint density at radius 3 is 2.83 bits per heavy atom. The molecular weight excluding hydrogens is 315 g/mol. The Hall–Kier alpha value is -3.23. The van der Waals surface area contributed by atoms with Crippen LogP contribution in [0.1, 0.15) is 5.56 Å². The normalized spacial score (nSPS) is 10.7. The quantitative estimate of drug-likeness (QED) is 0.642. The summed E-state index contributed by atoms with van der Waals surface area (Å²) in [7, 11) is 0. The van der Waals surface area contributed by atoms with Gasteiger partial charge in [0.25, 0.3) is 0 Å². The molecule has 0 saturated heterocycles. The van der Waals surface area contributed by atoms with E-state index in [2.05, 4.69) is 25.6 Å². The first-order valence-corrected chi connectivity index (χ1v) is 7.28. The summed E-state index contributed by atoms with van der Waals surface area (Å²) >= 11 is 0. The lowest BCUT2D eigenvalue weighted by atomic mass is 10.2. The van der Waals surface area contributed by atoms with Crippen molar-refractivity contribution in [2.24, 2.45) is 0 Å². The van der Waals surface area contributed by atoms with Crippen molar-refractivity contribution >= 4 is 17.2 Å². The molecule has 0 bridgehead atoms. The van der Waals surface area contributed by atoms with Crippen molar-refractivity contribution in [1.29, 1.82) is 0 Å². The van der Waals surface area contributed by atoms with Crippen molar-refractivity contribution in [2.45, 2.75) is 13.1 Å².